The molecule has 1 saturated heterocycles. The third-order valence-electron chi connectivity index (χ3n) is 5.81. The number of halogens is 1. The molecule has 1 aliphatic heterocycles. The van der Waals surface area contributed by atoms with Crippen molar-refractivity contribution in [2.45, 2.75) is 58.6 Å². The van der Waals surface area contributed by atoms with Crippen LogP contribution in [0.5, 0.6) is 0 Å². The first-order valence-electron chi connectivity index (χ1n) is 12.1. The molecule has 37 heavy (non-hydrogen) atoms. The van der Waals surface area contributed by atoms with E-state index in [1.54, 1.807) is 33.0 Å². The average Bonchev–Trinajstić information content (AvgIpc) is 3.45. The number of nitrogens with one attached hydrogen (secondary N) is 1. The average molecular weight is 509 g/mol. The highest BCUT2D eigenvalue weighted by molar-refractivity contribution is 5.96. The van der Waals surface area contributed by atoms with E-state index in [4.69, 9.17) is 4.74 Å². The number of carboxylic acids is 1. The van der Waals surface area contributed by atoms with Gasteiger partial charge in [0.1, 0.15) is 28.5 Å². The molecule has 3 aromatic heterocycles. The Hall–Kier alpha value is -4.20. The van der Waals surface area contributed by atoms with Crippen molar-refractivity contribution >= 4 is 23.5 Å². The number of fused-ring (bicyclic) bond motifs is 1. The van der Waals surface area contributed by atoms with Crippen molar-refractivity contribution in [3.05, 3.63) is 52.9 Å². The van der Waals surface area contributed by atoms with E-state index in [1.165, 1.54) is 10.6 Å². The SMILES string of the molecule is CCc1nn2ccc(N3CCC[C@@H]3c3cc(F)cnc3C#CCNC(=O)OC(C)(C)C)nc2c1C(=O)O. The van der Waals surface area contributed by atoms with Crippen LogP contribution >= 0.6 is 0 Å². The Morgan fingerprint density at radius 2 is 2.14 bits per heavy atom. The number of amides is 1. The topological polar surface area (TPSA) is 122 Å². The molecule has 3 aromatic rings. The molecule has 0 aliphatic carbocycles. The van der Waals surface area contributed by atoms with E-state index in [2.05, 4.69) is 32.2 Å². The van der Waals surface area contributed by atoms with Crippen LogP contribution in [0.15, 0.2) is 24.5 Å². The summed E-state index contributed by atoms with van der Waals surface area (Å²) in [5, 5.41) is 16.6. The number of aromatic nitrogens is 4. The van der Waals surface area contributed by atoms with Crippen molar-refractivity contribution in [3.63, 3.8) is 0 Å². The molecular weight excluding hydrogens is 479 g/mol. The van der Waals surface area contributed by atoms with E-state index in [9.17, 15) is 19.1 Å². The number of carboxylic acid groups (broad SMARTS) is 1. The lowest BCUT2D eigenvalue weighted by Gasteiger charge is -2.26. The third kappa shape index (κ3) is 5.80. The van der Waals surface area contributed by atoms with E-state index in [-0.39, 0.29) is 23.8 Å². The summed E-state index contributed by atoms with van der Waals surface area (Å²) in [6.07, 6.45) is 4.22. The normalized spacial score (nSPS) is 15.4. The van der Waals surface area contributed by atoms with Crippen molar-refractivity contribution in [1.82, 2.24) is 24.9 Å². The van der Waals surface area contributed by atoms with Gasteiger partial charge in [-0.05, 0) is 58.1 Å². The molecule has 1 amide bonds. The van der Waals surface area contributed by atoms with Gasteiger partial charge in [-0.2, -0.15) is 5.10 Å². The number of alkyl carbamates (subject to hydrolysis) is 1. The maximum Gasteiger partial charge on any atom is 0.408 e. The molecule has 194 valence electrons. The molecule has 1 aliphatic rings. The van der Waals surface area contributed by atoms with Crippen LogP contribution in [0, 0.1) is 17.7 Å². The van der Waals surface area contributed by atoms with Crippen molar-refractivity contribution in [2.75, 3.05) is 18.0 Å². The fraction of sp³-hybridized carbons (Fsp3) is 0.423. The molecule has 4 rings (SSSR count). The minimum Gasteiger partial charge on any atom is -0.477 e. The molecule has 2 N–H and O–H groups in total. The van der Waals surface area contributed by atoms with Gasteiger partial charge in [-0.15, -0.1) is 0 Å². The van der Waals surface area contributed by atoms with Crippen molar-refractivity contribution in [1.29, 1.82) is 0 Å². The molecule has 0 radical (unpaired) electrons. The summed E-state index contributed by atoms with van der Waals surface area (Å²) >= 11 is 0. The summed E-state index contributed by atoms with van der Waals surface area (Å²) in [4.78, 5) is 34.6. The molecule has 0 saturated carbocycles. The first kappa shape index (κ1) is 25.9. The molecule has 0 aromatic carbocycles. The number of hydrogen-bond acceptors (Lipinski definition) is 7. The standard InChI is InChI=1S/C26H29FN6O4/c1-5-18-22(24(34)35)23-30-21(10-13-33(23)31-18)32-12-7-9-20(32)17-14-16(27)15-29-19(17)8-6-11-28-25(36)37-26(2,3)4/h10,13-15,20H,5,7,9,11-12H2,1-4H3,(H,28,36)(H,34,35)/t20-/m1/s1. The maximum absolute atomic E-state index is 14.3. The quantitative estimate of drug-likeness (QED) is 0.500. The lowest BCUT2D eigenvalue weighted by atomic mass is 10.0. The van der Waals surface area contributed by atoms with E-state index in [1.807, 2.05) is 11.8 Å². The van der Waals surface area contributed by atoms with E-state index < -0.39 is 23.5 Å². The summed E-state index contributed by atoms with van der Waals surface area (Å²) in [6, 6.07) is 2.92. The van der Waals surface area contributed by atoms with Crippen LogP contribution in [0.2, 0.25) is 0 Å². The van der Waals surface area contributed by atoms with Gasteiger partial charge in [0.25, 0.3) is 0 Å². The minimum absolute atomic E-state index is 0.0406. The highest BCUT2D eigenvalue weighted by atomic mass is 19.1. The van der Waals surface area contributed by atoms with Crippen molar-refractivity contribution in [2.24, 2.45) is 0 Å². The molecule has 0 unspecified atom stereocenters. The van der Waals surface area contributed by atoms with Crippen molar-refractivity contribution < 1.29 is 23.8 Å². The predicted octanol–water partition coefficient (Wildman–Crippen LogP) is 3.74. The van der Waals surface area contributed by atoms with Gasteiger partial charge in [-0.25, -0.2) is 28.5 Å². The number of rotatable bonds is 5. The van der Waals surface area contributed by atoms with Gasteiger partial charge < -0.3 is 20.1 Å². The summed E-state index contributed by atoms with van der Waals surface area (Å²) < 4.78 is 20.9. The van der Waals surface area contributed by atoms with E-state index in [0.717, 1.165) is 12.6 Å². The van der Waals surface area contributed by atoms with Gasteiger partial charge in [0.05, 0.1) is 24.5 Å². The number of ether oxygens (including phenoxy) is 1. The summed E-state index contributed by atoms with van der Waals surface area (Å²) in [5.74, 6) is 4.78. The zero-order valence-corrected chi connectivity index (χ0v) is 21.2. The fourth-order valence-corrected chi connectivity index (χ4v) is 4.33. The Balaban J connectivity index is 1.62. The highest BCUT2D eigenvalue weighted by Gasteiger charge is 2.30. The number of aromatic carboxylic acids is 1. The molecule has 1 fully saturated rings. The lowest BCUT2D eigenvalue weighted by molar-refractivity contribution is 0.0534. The second-order valence-corrected chi connectivity index (χ2v) is 9.63. The van der Waals surface area contributed by atoms with Gasteiger partial charge in [0, 0.05) is 18.3 Å². The van der Waals surface area contributed by atoms with Gasteiger partial charge >= 0.3 is 12.1 Å². The Labute approximate surface area is 213 Å². The molecule has 0 bridgehead atoms. The second-order valence-electron chi connectivity index (χ2n) is 9.63. The van der Waals surface area contributed by atoms with Crippen LogP contribution in [0.3, 0.4) is 0 Å². The second kappa shape index (κ2) is 10.4. The lowest BCUT2D eigenvalue weighted by Crippen LogP contribution is -2.32. The van der Waals surface area contributed by atoms with Gasteiger partial charge in [-0.1, -0.05) is 12.8 Å². The summed E-state index contributed by atoms with van der Waals surface area (Å²) in [6.45, 7) is 7.84. The first-order valence-corrected chi connectivity index (χ1v) is 12.1. The summed E-state index contributed by atoms with van der Waals surface area (Å²) in [7, 11) is 0. The maximum atomic E-state index is 14.3. The molecule has 4 heterocycles. The highest BCUT2D eigenvalue weighted by Crippen LogP contribution is 2.37. The summed E-state index contributed by atoms with van der Waals surface area (Å²) in [5.41, 5.74) is 1.18. The van der Waals surface area contributed by atoms with Crippen LogP contribution < -0.4 is 10.2 Å². The van der Waals surface area contributed by atoms with Crippen LogP contribution in [0.25, 0.3) is 5.65 Å². The zero-order chi connectivity index (χ0) is 26.7. The van der Waals surface area contributed by atoms with Crippen LogP contribution in [0.1, 0.15) is 73.9 Å². The number of carbonyl (C=O) groups excluding carboxylic acids is 1. The molecule has 0 spiro atoms. The van der Waals surface area contributed by atoms with Crippen LogP contribution in [-0.4, -0.2) is 55.4 Å². The monoisotopic (exact) mass is 508 g/mol. The number of pyridine rings is 1. The number of nitrogens with zero attached hydrogens (tertiary/aromatic N) is 5. The van der Waals surface area contributed by atoms with Gasteiger partial charge in [0.2, 0.25) is 0 Å². The molecule has 10 nitrogen and oxygen atoms in total. The fourth-order valence-electron chi connectivity index (χ4n) is 4.33. The van der Waals surface area contributed by atoms with E-state index in [0.29, 0.717) is 42.2 Å². The number of aryl methyl sites for hydroxylation is 1. The first-order chi connectivity index (χ1) is 17.6. The minimum atomic E-state index is -1.08. The molecular formula is C26H29FN6O4. The number of carbonyl (C=O) groups is 2. The van der Waals surface area contributed by atoms with Crippen molar-refractivity contribution in [3.8, 4) is 11.8 Å². The number of anilines is 1. The van der Waals surface area contributed by atoms with Gasteiger partial charge in [-0.3, -0.25) is 0 Å². The largest absolute Gasteiger partial charge is 0.477 e. The Bertz CT molecular complexity index is 1400. The van der Waals surface area contributed by atoms with Crippen LogP contribution in [0.4, 0.5) is 15.0 Å². The Morgan fingerprint density at radius 3 is 2.84 bits per heavy atom. The third-order valence-corrected chi connectivity index (χ3v) is 5.81. The molecule has 11 heteroatoms. The Kier molecular flexibility index (Phi) is 7.29. The smallest absolute Gasteiger partial charge is 0.408 e. The van der Waals surface area contributed by atoms with Crippen LogP contribution in [-0.2, 0) is 11.2 Å². The Morgan fingerprint density at radius 1 is 1.35 bits per heavy atom. The van der Waals surface area contributed by atoms with Gasteiger partial charge in [0.15, 0.2) is 5.65 Å². The zero-order valence-electron chi connectivity index (χ0n) is 21.2. The number of hydrogen-bond donors (Lipinski definition) is 2. The molecule has 1 atom stereocenters. The van der Waals surface area contributed by atoms with E-state index >= 15 is 0 Å². The predicted molar refractivity (Wildman–Crippen MR) is 134 cm³/mol.